The second-order valence-electron chi connectivity index (χ2n) is 2.90. The second-order valence-corrected chi connectivity index (χ2v) is 2.90. The Kier molecular flexibility index (Phi) is 2.47. The van der Waals surface area contributed by atoms with Gasteiger partial charge in [-0.05, 0) is 13.3 Å². The molecule has 0 radical (unpaired) electrons. The third-order valence-electron chi connectivity index (χ3n) is 1.80. The van der Waals surface area contributed by atoms with E-state index in [2.05, 4.69) is 5.32 Å². The number of carbonyl (C=O) groups is 2. The van der Waals surface area contributed by atoms with Gasteiger partial charge < -0.3 is 11.1 Å². The molecular weight excluding hydrogens is 156 g/mol. The predicted molar refractivity (Wildman–Crippen MR) is 44.1 cm³/mol. The molecule has 0 heterocycles. The van der Waals surface area contributed by atoms with Crippen LogP contribution in [-0.2, 0) is 9.59 Å². The molecule has 3 N–H and O–H groups in total. The van der Waals surface area contributed by atoms with E-state index < -0.39 is 11.9 Å². The van der Waals surface area contributed by atoms with Gasteiger partial charge in [-0.3, -0.25) is 9.59 Å². The summed E-state index contributed by atoms with van der Waals surface area (Å²) in [6.45, 7) is 1.67. The molecule has 0 aromatic rings. The molecule has 4 heteroatoms. The highest BCUT2D eigenvalue weighted by atomic mass is 16.1. The Morgan fingerprint density at radius 2 is 2.33 bits per heavy atom. The maximum absolute atomic E-state index is 10.8. The molecule has 4 nitrogen and oxygen atoms in total. The van der Waals surface area contributed by atoms with Gasteiger partial charge >= 0.3 is 0 Å². The first-order chi connectivity index (χ1) is 5.59. The summed E-state index contributed by atoms with van der Waals surface area (Å²) in [5, 5.41) is 2.87. The van der Waals surface area contributed by atoms with E-state index in [9.17, 15) is 9.59 Å². The van der Waals surface area contributed by atoms with Crippen LogP contribution in [0.5, 0.6) is 0 Å². The largest absolute Gasteiger partial charge is 0.377 e. The quantitative estimate of drug-likeness (QED) is 0.607. The van der Waals surface area contributed by atoms with Crippen molar-refractivity contribution in [2.24, 2.45) is 5.73 Å². The van der Waals surface area contributed by atoms with Gasteiger partial charge in [-0.15, -0.1) is 0 Å². The summed E-state index contributed by atoms with van der Waals surface area (Å²) in [4.78, 5) is 21.4. The van der Waals surface area contributed by atoms with Crippen LogP contribution in [0.2, 0.25) is 0 Å². The first-order valence-corrected chi connectivity index (χ1v) is 3.89. The van der Waals surface area contributed by atoms with Gasteiger partial charge in [0.2, 0.25) is 5.91 Å². The van der Waals surface area contributed by atoms with E-state index in [1.54, 1.807) is 6.92 Å². The van der Waals surface area contributed by atoms with E-state index >= 15 is 0 Å². The van der Waals surface area contributed by atoms with E-state index in [0.717, 1.165) is 5.70 Å². The van der Waals surface area contributed by atoms with Crippen molar-refractivity contribution in [2.75, 3.05) is 0 Å². The topological polar surface area (TPSA) is 72.2 Å². The van der Waals surface area contributed by atoms with E-state index in [4.69, 9.17) is 5.73 Å². The van der Waals surface area contributed by atoms with Crippen LogP contribution in [-0.4, -0.2) is 17.7 Å². The minimum absolute atomic E-state index is 0.106. The van der Waals surface area contributed by atoms with Crippen LogP contribution in [0.25, 0.3) is 0 Å². The Morgan fingerprint density at radius 3 is 2.75 bits per heavy atom. The summed E-state index contributed by atoms with van der Waals surface area (Å²) < 4.78 is 0. The second kappa shape index (κ2) is 3.38. The summed E-state index contributed by atoms with van der Waals surface area (Å²) >= 11 is 0. The summed E-state index contributed by atoms with van der Waals surface area (Å²) in [7, 11) is 0. The van der Waals surface area contributed by atoms with Gasteiger partial charge in [0.1, 0.15) is 6.04 Å². The first kappa shape index (κ1) is 8.77. The zero-order chi connectivity index (χ0) is 9.14. The van der Waals surface area contributed by atoms with Crippen molar-refractivity contribution in [1.82, 2.24) is 5.32 Å². The van der Waals surface area contributed by atoms with E-state index in [1.165, 1.54) is 6.08 Å². The van der Waals surface area contributed by atoms with Gasteiger partial charge in [-0.25, -0.2) is 0 Å². The molecule has 0 saturated carbocycles. The van der Waals surface area contributed by atoms with Crippen LogP contribution in [0, 0.1) is 0 Å². The lowest BCUT2D eigenvalue weighted by molar-refractivity contribution is -0.119. The summed E-state index contributed by atoms with van der Waals surface area (Å²) in [6, 6.07) is -0.401. The van der Waals surface area contributed by atoms with Crippen LogP contribution in [0.1, 0.15) is 19.8 Å². The number of allylic oxidation sites excluding steroid dienone is 2. The smallest absolute Gasteiger partial charge is 0.239 e. The number of nitrogens with two attached hydrogens (primary N) is 1. The molecule has 1 atom stereocenters. The van der Waals surface area contributed by atoms with Crippen LogP contribution in [0.15, 0.2) is 11.8 Å². The van der Waals surface area contributed by atoms with Gasteiger partial charge in [-0.2, -0.15) is 0 Å². The van der Waals surface area contributed by atoms with Gasteiger partial charge in [0.05, 0.1) is 0 Å². The maximum Gasteiger partial charge on any atom is 0.239 e. The van der Waals surface area contributed by atoms with E-state index in [-0.39, 0.29) is 5.78 Å². The minimum Gasteiger partial charge on any atom is -0.377 e. The highest BCUT2D eigenvalue weighted by Gasteiger charge is 2.15. The molecule has 0 fully saturated rings. The fourth-order valence-electron chi connectivity index (χ4n) is 1.06. The highest BCUT2D eigenvalue weighted by molar-refractivity contribution is 5.93. The predicted octanol–water partition coefficient (Wildman–Crippen LogP) is -0.303. The monoisotopic (exact) mass is 168 g/mol. The minimum atomic E-state index is -0.407. The molecule has 0 aliphatic heterocycles. The lowest BCUT2D eigenvalue weighted by atomic mass is 10.3. The number of ketones is 1. The van der Waals surface area contributed by atoms with Crippen molar-refractivity contribution in [2.45, 2.75) is 25.8 Å². The van der Waals surface area contributed by atoms with Gasteiger partial charge in [-0.1, -0.05) is 0 Å². The average molecular weight is 168 g/mol. The number of hydrogen-bond acceptors (Lipinski definition) is 3. The van der Waals surface area contributed by atoms with Crippen molar-refractivity contribution < 1.29 is 9.59 Å². The Balaban J connectivity index is 2.47. The normalized spacial score (nSPS) is 18.8. The summed E-state index contributed by atoms with van der Waals surface area (Å²) in [6.07, 6.45) is 2.75. The number of amides is 1. The summed E-state index contributed by atoms with van der Waals surface area (Å²) in [5.41, 5.74) is 5.85. The van der Waals surface area contributed by atoms with Crippen molar-refractivity contribution in [1.29, 1.82) is 0 Å². The van der Waals surface area contributed by atoms with Crippen LogP contribution >= 0.6 is 0 Å². The number of primary amides is 1. The molecule has 1 unspecified atom stereocenters. The third-order valence-corrected chi connectivity index (χ3v) is 1.80. The molecule has 0 spiro atoms. The third kappa shape index (κ3) is 2.08. The number of carbonyl (C=O) groups excluding carboxylic acids is 2. The maximum atomic E-state index is 10.8. The van der Waals surface area contributed by atoms with Crippen molar-refractivity contribution in [3.63, 3.8) is 0 Å². The molecule has 1 aliphatic carbocycles. The Morgan fingerprint density at radius 1 is 1.67 bits per heavy atom. The average Bonchev–Trinajstić information content (AvgIpc) is 2.35. The van der Waals surface area contributed by atoms with Gasteiger partial charge in [0.25, 0.3) is 0 Å². The Hall–Kier alpha value is -1.32. The molecule has 0 aromatic heterocycles. The lowest BCUT2D eigenvalue weighted by Crippen LogP contribution is -2.37. The fraction of sp³-hybridized carbons (Fsp3) is 0.500. The van der Waals surface area contributed by atoms with Gasteiger partial charge in [0.15, 0.2) is 5.78 Å². The van der Waals surface area contributed by atoms with Gasteiger partial charge in [0, 0.05) is 18.2 Å². The van der Waals surface area contributed by atoms with Crippen LogP contribution in [0.4, 0.5) is 0 Å². The molecule has 1 rings (SSSR count). The zero-order valence-corrected chi connectivity index (χ0v) is 6.96. The molecule has 0 bridgehead atoms. The fourth-order valence-corrected chi connectivity index (χ4v) is 1.06. The van der Waals surface area contributed by atoms with Crippen LogP contribution in [0.3, 0.4) is 0 Å². The Bertz CT molecular complexity index is 245. The van der Waals surface area contributed by atoms with E-state index in [0.29, 0.717) is 12.8 Å². The van der Waals surface area contributed by atoms with Crippen molar-refractivity contribution in [3.05, 3.63) is 11.8 Å². The standard InChI is InChI=1S/C8H12N2O2/c1-5(8(9)12)10-6-2-3-7(11)4-6/h4-5,10H,2-3H2,1H3,(H2,9,12). The summed E-state index contributed by atoms with van der Waals surface area (Å²) in [5.74, 6) is -0.301. The van der Waals surface area contributed by atoms with Crippen molar-refractivity contribution >= 4 is 11.7 Å². The molecular formula is C8H12N2O2. The number of hydrogen-bond donors (Lipinski definition) is 2. The molecule has 0 aromatic carbocycles. The molecule has 1 amide bonds. The highest BCUT2D eigenvalue weighted by Crippen LogP contribution is 2.12. The molecule has 12 heavy (non-hydrogen) atoms. The zero-order valence-electron chi connectivity index (χ0n) is 6.96. The number of nitrogens with one attached hydrogen (secondary N) is 1. The van der Waals surface area contributed by atoms with E-state index in [1.807, 2.05) is 0 Å². The van der Waals surface area contributed by atoms with Crippen LogP contribution < -0.4 is 11.1 Å². The molecule has 1 aliphatic rings. The number of rotatable bonds is 3. The first-order valence-electron chi connectivity index (χ1n) is 3.89. The lowest BCUT2D eigenvalue weighted by Gasteiger charge is -2.11. The Labute approximate surface area is 70.8 Å². The molecule has 66 valence electrons. The SMILES string of the molecule is CC(NC1=CC(=O)CC1)C(N)=O. The molecule has 0 saturated heterocycles. The van der Waals surface area contributed by atoms with Crippen molar-refractivity contribution in [3.8, 4) is 0 Å².